The predicted octanol–water partition coefficient (Wildman–Crippen LogP) is 2.93. The van der Waals surface area contributed by atoms with E-state index in [2.05, 4.69) is 24.3 Å². The maximum atomic E-state index is 12.8. The van der Waals surface area contributed by atoms with Crippen LogP contribution in [0.3, 0.4) is 0 Å². The Morgan fingerprint density at radius 2 is 1.92 bits per heavy atom. The van der Waals surface area contributed by atoms with Gasteiger partial charge in [-0.25, -0.2) is 0 Å². The number of nitrogens with zero attached hydrogens (tertiary/aromatic N) is 3. The minimum Gasteiger partial charge on any atom is -0.353 e. The molecule has 0 radical (unpaired) electrons. The summed E-state index contributed by atoms with van der Waals surface area (Å²) in [6.07, 6.45) is 4.42. The minimum absolute atomic E-state index is 0.198. The van der Waals surface area contributed by atoms with Gasteiger partial charge < -0.3 is 9.88 Å². The number of para-hydroxylation sites is 1. The lowest BCUT2D eigenvalue weighted by atomic mass is 10.1. The van der Waals surface area contributed by atoms with Crippen molar-refractivity contribution in [3.05, 3.63) is 58.6 Å². The van der Waals surface area contributed by atoms with E-state index in [-0.39, 0.29) is 11.5 Å². The van der Waals surface area contributed by atoms with Gasteiger partial charge in [0.25, 0.3) is 11.5 Å². The average molecular weight is 352 g/mol. The summed E-state index contributed by atoms with van der Waals surface area (Å²) >= 11 is 0. The number of carbonyl (C=O) groups excluding carboxylic acids is 1. The fourth-order valence-electron chi connectivity index (χ4n) is 2.82. The highest BCUT2D eigenvalue weighted by molar-refractivity contribution is 5.99. The van der Waals surface area contributed by atoms with E-state index in [4.69, 9.17) is 0 Å². The summed E-state index contributed by atoms with van der Waals surface area (Å²) in [5.41, 5.74) is 1.78. The molecule has 2 aliphatic rings. The zero-order valence-electron chi connectivity index (χ0n) is 15.4. The minimum atomic E-state index is -0.217. The first kappa shape index (κ1) is 17.9. The van der Waals surface area contributed by atoms with Crippen molar-refractivity contribution in [2.24, 2.45) is 5.92 Å². The monoisotopic (exact) mass is 352 g/mol. The number of rotatable bonds is 6. The van der Waals surface area contributed by atoms with Crippen molar-refractivity contribution in [1.82, 2.24) is 19.7 Å². The number of hydrogen-bond acceptors (Lipinski definition) is 3. The number of amides is 1. The number of hydrogen-bond donors (Lipinski definition) is 1. The number of carbonyl (C=O) groups is 1. The van der Waals surface area contributed by atoms with Crippen molar-refractivity contribution in [3.8, 4) is 16.9 Å². The van der Waals surface area contributed by atoms with Gasteiger partial charge in [0.05, 0.1) is 16.8 Å². The molecule has 0 fully saturated rings. The lowest BCUT2D eigenvalue weighted by Crippen LogP contribution is -2.27. The van der Waals surface area contributed by atoms with Crippen LogP contribution in [-0.2, 0) is 6.54 Å². The number of fused-ring (bicyclic) bond motifs is 1. The molecule has 1 aromatic carbocycles. The zero-order chi connectivity index (χ0) is 18.7. The molecule has 0 bridgehead atoms. The van der Waals surface area contributed by atoms with Crippen LogP contribution in [0, 0.1) is 5.92 Å². The lowest BCUT2D eigenvalue weighted by Gasteiger charge is -2.12. The number of nitrogens with one attached hydrogen (secondary N) is 1. The fourth-order valence-corrected chi connectivity index (χ4v) is 2.82. The fraction of sp³-hybridized carbons (Fsp3) is 0.350. The molecule has 3 rings (SSSR count). The molecular weight excluding hydrogens is 328 g/mol. The number of aromatic nitrogens is 3. The van der Waals surface area contributed by atoms with Crippen molar-refractivity contribution in [2.75, 3.05) is 6.54 Å². The highest BCUT2D eigenvalue weighted by Crippen LogP contribution is 2.22. The van der Waals surface area contributed by atoms with Crippen LogP contribution in [0.5, 0.6) is 0 Å². The average Bonchev–Trinajstić information content (AvgIpc) is 2.98. The Bertz CT molecular complexity index is 925. The molecular formula is C20H24N4O2. The molecule has 26 heavy (non-hydrogen) atoms. The summed E-state index contributed by atoms with van der Waals surface area (Å²) < 4.78 is 3.20. The molecule has 2 aliphatic heterocycles. The SMILES string of the molecule is CCn1cc(C(=O)NCCC(C)C)c2nn(-c3ccccc3)c(=O)c-2c1. The first-order valence-corrected chi connectivity index (χ1v) is 8.97. The third-order valence-electron chi connectivity index (χ3n) is 4.34. The Labute approximate surface area is 152 Å². The van der Waals surface area contributed by atoms with Crippen LogP contribution in [0.4, 0.5) is 0 Å². The molecule has 0 saturated heterocycles. The van der Waals surface area contributed by atoms with E-state index < -0.39 is 0 Å². The molecule has 1 amide bonds. The molecule has 0 aliphatic carbocycles. The smallest absolute Gasteiger partial charge is 0.282 e. The molecule has 1 N–H and O–H groups in total. The standard InChI is InChI=1S/C20H24N4O2/c1-4-23-12-16(19(25)21-11-10-14(2)3)18-17(13-23)20(26)24(22-18)15-8-6-5-7-9-15/h5-9,12-14H,4,10-11H2,1-3H3,(H,21,25). The van der Waals surface area contributed by atoms with E-state index in [0.717, 1.165) is 6.42 Å². The van der Waals surface area contributed by atoms with Crippen LogP contribution in [0.1, 0.15) is 37.6 Å². The van der Waals surface area contributed by atoms with Crippen LogP contribution in [-0.4, -0.2) is 26.8 Å². The Hall–Kier alpha value is -2.89. The molecule has 2 heterocycles. The van der Waals surface area contributed by atoms with Crippen LogP contribution in [0.25, 0.3) is 16.9 Å². The highest BCUT2D eigenvalue weighted by atomic mass is 16.2. The number of aryl methyl sites for hydroxylation is 1. The van der Waals surface area contributed by atoms with Crippen molar-refractivity contribution in [2.45, 2.75) is 33.7 Å². The predicted molar refractivity (Wildman–Crippen MR) is 102 cm³/mol. The van der Waals surface area contributed by atoms with Gasteiger partial charge in [0, 0.05) is 25.5 Å². The summed E-state index contributed by atoms with van der Waals surface area (Å²) in [6.45, 7) is 7.46. The zero-order valence-corrected chi connectivity index (χ0v) is 15.4. The van der Waals surface area contributed by atoms with Gasteiger partial charge in [0.15, 0.2) is 0 Å². The van der Waals surface area contributed by atoms with Gasteiger partial charge in [-0.1, -0.05) is 32.0 Å². The highest BCUT2D eigenvalue weighted by Gasteiger charge is 2.24. The first-order valence-electron chi connectivity index (χ1n) is 8.97. The van der Waals surface area contributed by atoms with E-state index in [1.54, 1.807) is 12.4 Å². The van der Waals surface area contributed by atoms with Gasteiger partial charge in [-0.05, 0) is 31.4 Å². The molecule has 0 atom stereocenters. The Morgan fingerprint density at radius 3 is 2.58 bits per heavy atom. The van der Waals surface area contributed by atoms with Gasteiger partial charge in [-0.2, -0.15) is 9.78 Å². The summed E-state index contributed by atoms with van der Waals surface area (Å²) in [6, 6.07) is 9.24. The Balaban J connectivity index is 2.05. The second-order valence-electron chi connectivity index (χ2n) is 6.76. The van der Waals surface area contributed by atoms with Gasteiger partial charge in [0.2, 0.25) is 0 Å². The molecule has 0 unspecified atom stereocenters. The first-order chi connectivity index (χ1) is 12.5. The van der Waals surface area contributed by atoms with E-state index in [1.165, 1.54) is 4.68 Å². The summed E-state index contributed by atoms with van der Waals surface area (Å²) in [7, 11) is 0. The maximum Gasteiger partial charge on any atom is 0.282 e. The maximum absolute atomic E-state index is 12.8. The van der Waals surface area contributed by atoms with Crippen LogP contribution in [0.2, 0.25) is 0 Å². The molecule has 6 nitrogen and oxygen atoms in total. The van der Waals surface area contributed by atoms with Gasteiger partial charge >= 0.3 is 0 Å². The third kappa shape index (κ3) is 3.54. The summed E-state index contributed by atoms with van der Waals surface area (Å²) in [4.78, 5) is 25.5. The molecule has 0 aromatic heterocycles. The largest absolute Gasteiger partial charge is 0.353 e. The quantitative estimate of drug-likeness (QED) is 0.741. The van der Waals surface area contributed by atoms with E-state index >= 15 is 0 Å². The summed E-state index contributed by atoms with van der Waals surface area (Å²) in [5.74, 6) is 0.313. The van der Waals surface area contributed by atoms with Gasteiger partial charge in [-0.3, -0.25) is 9.59 Å². The Kier molecular flexibility index (Phi) is 5.21. The van der Waals surface area contributed by atoms with Crippen molar-refractivity contribution < 1.29 is 4.79 Å². The van der Waals surface area contributed by atoms with Crippen molar-refractivity contribution >= 4 is 5.91 Å². The third-order valence-corrected chi connectivity index (χ3v) is 4.34. The number of pyridine rings is 1. The van der Waals surface area contributed by atoms with E-state index in [0.29, 0.717) is 41.5 Å². The molecule has 0 saturated carbocycles. The topological polar surface area (TPSA) is 68.9 Å². The van der Waals surface area contributed by atoms with E-state index in [9.17, 15) is 9.59 Å². The second-order valence-corrected chi connectivity index (χ2v) is 6.76. The molecule has 136 valence electrons. The normalized spacial score (nSPS) is 11.2. The second kappa shape index (κ2) is 7.56. The van der Waals surface area contributed by atoms with Crippen molar-refractivity contribution in [3.63, 3.8) is 0 Å². The number of benzene rings is 1. The van der Waals surface area contributed by atoms with Crippen molar-refractivity contribution in [1.29, 1.82) is 0 Å². The lowest BCUT2D eigenvalue weighted by molar-refractivity contribution is 0.0951. The van der Waals surface area contributed by atoms with Gasteiger partial charge in [0.1, 0.15) is 5.69 Å². The van der Waals surface area contributed by atoms with Crippen LogP contribution in [0.15, 0.2) is 47.5 Å². The molecule has 6 heteroatoms. The summed E-state index contributed by atoms with van der Waals surface area (Å²) in [5, 5.41) is 7.39. The van der Waals surface area contributed by atoms with Crippen LogP contribution < -0.4 is 10.9 Å². The van der Waals surface area contributed by atoms with Crippen LogP contribution >= 0.6 is 0 Å². The van der Waals surface area contributed by atoms with E-state index in [1.807, 2.05) is 41.8 Å². The molecule has 0 spiro atoms. The Morgan fingerprint density at radius 1 is 1.19 bits per heavy atom. The molecule has 1 aromatic rings. The van der Waals surface area contributed by atoms with Gasteiger partial charge in [-0.15, -0.1) is 0 Å².